The van der Waals surface area contributed by atoms with Crippen molar-refractivity contribution in [3.05, 3.63) is 125 Å². The van der Waals surface area contributed by atoms with E-state index in [1.165, 1.54) is 0 Å². The van der Waals surface area contributed by atoms with Crippen molar-refractivity contribution in [2.75, 3.05) is 5.32 Å². The molecule has 0 aliphatic heterocycles. The topological polar surface area (TPSA) is 58.9 Å². The molecule has 0 radical (unpaired) electrons. The first-order valence-electron chi connectivity index (χ1n) is 10.5. The molecule has 4 heteroatoms. The fourth-order valence-corrected chi connectivity index (χ4v) is 3.78. The molecule has 156 valence electrons. The molecule has 0 aliphatic carbocycles. The number of furan rings is 1. The second-order valence-corrected chi connectivity index (χ2v) is 7.79. The quantitative estimate of drug-likeness (QED) is 0.453. The second-order valence-electron chi connectivity index (χ2n) is 7.79. The van der Waals surface area contributed by atoms with Crippen LogP contribution in [0.4, 0.5) is 5.69 Å². The highest BCUT2D eigenvalue weighted by Crippen LogP contribution is 2.23. The van der Waals surface area contributed by atoms with Crippen molar-refractivity contribution in [2.24, 2.45) is 0 Å². The standard InChI is InChI=1S/C27H26N2O2/c1-19-15-16-20(2)23(18-19)28-27(30)26(22-12-7-4-8-13-22)29-25(24-14-9-17-31-24)21-10-5-3-6-11-21/h3-18,25-26,29H,1-2H3,(H,28,30)/p+1/t25-,26-/m1/s1. The van der Waals surface area contributed by atoms with Gasteiger partial charge in [-0.05, 0) is 43.2 Å². The first-order valence-corrected chi connectivity index (χ1v) is 10.5. The van der Waals surface area contributed by atoms with Gasteiger partial charge in [0.05, 0.1) is 6.26 Å². The van der Waals surface area contributed by atoms with Crippen LogP contribution in [0.3, 0.4) is 0 Å². The lowest BCUT2D eigenvalue weighted by atomic mass is 9.99. The van der Waals surface area contributed by atoms with Gasteiger partial charge in [-0.25, -0.2) is 0 Å². The molecule has 0 saturated carbocycles. The summed E-state index contributed by atoms with van der Waals surface area (Å²) in [6.45, 7) is 4.03. The fraction of sp³-hybridized carbons (Fsp3) is 0.148. The predicted octanol–water partition coefficient (Wildman–Crippen LogP) is 4.93. The summed E-state index contributed by atoms with van der Waals surface area (Å²) in [5.74, 6) is 0.749. The predicted molar refractivity (Wildman–Crippen MR) is 123 cm³/mol. The van der Waals surface area contributed by atoms with Crippen molar-refractivity contribution in [1.29, 1.82) is 0 Å². The molecule has 1 amide bonds. The fourth-order valence-electron chi connectivity index (χ4n) is 3.78. The summed E-state index contributed by atoms with van der Waals surface area (Å²) in [6.07, 6.45) is 1.67. The van der Waals surface area contributed by atoms with Gasteiger partial charge in [0.25, 0.3) is 5.91 Å². The van der Waals surface area contributed by atoms with Crippen LogP contribution >= 0.6 is 0 Å². The van der Waals surface area contributed by atoms with Gasteiger partial charge in [0.2, 0.25) is 0 Å². The molecule has 4 nitrogen and oxygen atoms in total. The molecule has 0 spiro atoms. The highest BCUT2D eigenvalue weighted by atomic mass is 16.3. The minimum Gasteiger partial charge on any atom is -0.463 e. The molecular weight excluding hydrogens is 384 g/mol. The summed E-state index contributed by atoms with van der Waals surface area (Å²) < 4.78 is 5.76. The van der Waals surface area contributed by atoms with Gasteiger partial charge in [-0.3, -0.25) is 4.79 Å². The van der Waals surface area contributed by atoms with Crippen LogP contribution in [0.2, 0.25) is 0 Å². The molecule has 1 heterocycles. The minimum absolute atomic E-state index is 0.0626. The summed E-state index contributed by atoms with van der Waals surface area (Å²) in [6, 6.07) is 29.3. The number of benzene rings is 3. The van der Waals surface area contributed by atoms with Gasteiger partial charge in [-0.15, -0.1) is 0 Å². The summed E-state index contributed by atoms with van der Waals surface area (Å²) in [7, 11) is 0. The molecule has 3 N–H and O–H groups in total. The summed E-state index contributed by atoms with van der Waals surface area (Å²) in [5.41, 5.74) is 5.01. The monoisotopic (exact) mass is 411 g/mol. The third kappa shape index (κ3) is 4.93. The normalized spacial score (nSPS) is 12.8. The maximum absolute atomic E-state index is 13.5. The van der Waals surface area contributed by atoms with Crippen LogP contribution in [0.5, 0.6) is 0 Å². The van der Waals surface area contributed by atoms with Crippen molar-refractivity contribution < 1.29 is 14.5 Å². The minimum atomic E-state index is -0.448. The number of nitrogens with two attached hydrogens (primary N) is 1. The van der Waals surface area contributed by atoms with Crippen LogP contribution in [0.1, 0.15) is 40.1 Å². The first kappa shape index (κ1) is 20.6. The maximum atomic E-state index is 13.5. The van der Waals surface area contributed by atoms with Crippen LogP contribution in [0.25, 0.3) is 0 Å². The van der Waals surface area contributed by atoms with Gasteiger partial charge in [0, 0.05) is 16.8 Å². The molecule has 31 heavy (non-hydrogen) atoms. The van der Waals surface area contributed by atoms with E-state index in [2.05, 4.69) is 22.8 Å². The molecule has 0 unspecified atom stereocenters. The molecule has 0 aliphatic rings. The average Bonchev–Trinajstić information content (AvgIpc) is 3.33. The van der Waals surface area contributed by atoms with Crippen LogP contribution in [0, 0.1) is 13.8 Å². The molecular formula is C27H27N2O2+. The lowest BCUT2D eigenvalue weighted by Gasteiger charge is -2.22. The number of carbonyl (C=O) groups excluding carboxylic acids is 1. The molecule has 3 aromatic carbocycles. The Bertz CT molecular complexity index is 1120. The SMILES string of the molecule is Cc1ccc(C)c(NC(=O)[C@H]([NH2+][C@H](c2ccccc2)c2ccco2)c2ccccc2)c1. The molecule has 0 saturated heterocycles. The third-order valence-corrected chi connectivity index (χ3v) is 5.49. The Morgan fingerprint density at radius 2 is 1.52 bits per heavy atom. The van der Waals surface area contributed by atoms with E-state index in [9.17, 15) is 4.79 Å². The van der Waals surface area contributed by atoms with Crippen molar-refractivity contribution in [3.8, 4) is 0 Å². The molecule has 0 bridgehead atoms. The van der Waals surface area contributed by atoms with Gasteiger partial charge < -0.3 is 15.1 Å². The Balaban J connectivity index is 1.69. The van der Waals surface area contributed by atoms with E-state index in [0.717, 1.165) is 33.7 Å². The van der Waals surface area contributed by atoms with E-state index < -0.39 is 6.04 Å². The van der Waals surface area contributed by atoms with Gasteiger partial charge in [0.15, 0.2) is 17.8 Å². The maximum Gasteiger partial charge on any atom is 0.287 e. The van der Waals surface area contributed by atoms with Gasteiger partial charge in [-0.1, -0.05) is 72.8 Å². The summed E-state index contributed by atoms with van der Waals surface area (Å²) >= 11 is 0. The zero-order valence-electron chi connectivity index (χ0n) is 17.8. The summed E-state index contributed by atoms with van der Waals surface area (Å²) in [4.78, 5) is 13.5. The van der Waals surface area contributed by atoms with Crippen LogP contribution < -0.4 is 10.6 Å². The van der Waals surface area contributed by atoms with Crippen molar-refractivity contribution in [2.45, 2.75) is 25.9 Å². The zero-order valence-corrected chi connectivity index (χ0v) is 17.8. The van der Waals surface area contributed by atoms with Crippen molar-refractivity contribution in [1.82, 2.24) is 0 Å². The van der Waals surface area contributed by atoms with E-state index in [4.69, 9.17) is 4.42 Å². The molecule has 2 atom stereocenters. The zero-order chi connectivity index (χ0) is 21.6. The number of hydrogen-bond donors (Lipinski definition) is 2. The lowest BCUT2D eigenvalue weighted by Crippen LogP contribution is -2.88. The van der Waals surface area contributed by atoms with Gasteiger partial charge >= 0.3 is 0 Å². The smallest absolute Gasteiger partial charge is 0.287 e. The molecule has 4 rings (SSSR count). The molecule has 0 fully saturated rings. The highest BCUT2D eigenvalue weighted by molar-refractivity contribution is 5.95. The van der Waals surface area contributed by atoms with E-state index in [1.54, 1.807) is 6.26 Å². The van der Waals surface area contributed by atoms with Crippen LogP contribution in [-0.2, 0) is 4.79 Å². The Hall–Kier alpha value is -3.63. The Morgan fingerprint density at radius 1 is 0.839 bits per heavy atom. The number of anilines is 1. The Labute approximate surface area is 182 Å². The second kappa shape index (κ2) is 9.45. The largest absolute Gasteiger partial charge is 0.463 e. The number of rotatable bonds is 7. The number of quaternary nitrogens is 1. The number of carbonyl (C=O) groups is 1. The van der Waals surface area contributed by atoms with E-state index in [-0.39, 0.29) is 11.9 Å². The molecule has 1 aromatic heterocycles. The van der Waals surface area contributed by atoms with Crippen LogP contribution in [0.15, 0.2) is 102 Å². The van der Waals surface area contributed by atoms with Gasteiger partial charge in [-0.2, -0.15) is 0 Å². The van der Waals surface area contributed by atoms with E-state index in [1.807, 2.05) is 92.7 Å². The van der Waals surface area contributed by atoms with Crippen molar-refractivity contribution >= 4 is 11.6 Å². The first-order chi connectivity index (χ1) is 15.1. The number of aryl methyl sites for hydroxylation is 2. The van der Waals surface area contributed by atoms with Crippen molar-refractivity contribution in [3.63, 3.8) is 0 Å². The third-order valence-electron chi connectivity index (χ3n) is 5.49. The van der Waals surface area contributed by atoms with Gasteiger partial charge in [0.1, 0.15) is 0 Å². The van der Waals surface area contributed by atoms with E-state index >= 15 is 0 Å². The van der Waals surface area contributed by atoms with Crippen LogP contribution in [-0.4, -0.2) is 5.91 Å². The molecule has 4 aromatic rings. The Morgan fingerprint density at radius 3 is 2.16 bits per heavy atom. The average molecular weight is 412 g/mol. The lowest BCUT2D eigenvalue weighted by molar-refractivity contribution is -0.715. The highest BCUT2D eigenvalue weighted by Gasteiger charge is 2.31. The number of hydrogen-bond acceptors (Lipinski definition) is 2. The number of nitrogens with one attached hydrogen (secondary N) is 1. The van der Waals surface area contributed by atoms with E-state index in [0.29, 0.717) is 0 Å². The number of amides is 1. The summed E-state index contributed by atoms with van der Waals surface area (Å²) in [5, 5.41) is 5.22. The Kier molecular flexibility index (Phi) is 6.29.